The highest BCUT2D eigenvalue weighted by atomic mass is 32.2. The van der Waals surface area contributed by atoms with Crippen LogP contribution in [-0.2, 0) is 11.3 Å². The van der Waals surface area contributed by atoms with Crippen molar-refractivity contribution < 1.29 is 4.79 Å². The van der Waals surface area contributed by atoms with Crippen LogP contribution in [0.25, 0.3) is 10.7 Å². The molecule has 1 aliphatic heterocycles. The smallest absolute Gasteiger partial charge is 0.233 e. The van der Waals surface area contributed by atoms with Gasteiger partial charge < -0.3 is 9.47 Å². The monoisotopic (exact) mass is 350 g/mol. The van der Waals surface area contributed by atoms with Crippen molar-refractivity contribution in [2.45, 2.75) is 44.3 Å². The molecule has 5 nitrogen and oxygen atoms in total. The summed E-state index contributed by atoms with van der Waals surface area (Å²) in [5.41, 5.74) is 0. The Hall–Kier alpha value is -1.34. The Labute approximate surface area is 145 Å². The Morgan fingerprint density at radius 1 is 1.26 bits per heavy atom. The molecular weight excluding hydrogens is 328 g/mol. The van der Waals surface area contributed by atoms with Gasteiger partial charge in [-0.15, -0.1) is 21.5 Å². The van der Waals surface area contributed by atoms with Crippen molar-refractivity contribution in [3.8, 4) is 10.7 Å². The molecule has 2 aromatic rings. The van der Waals surface area contributed by atoms with Crippen LogP contribution in [0.5, 0.6) is 0 Å². The predicted octanol–water partition coefficient (Wildman–Crippen LogP) is 3.52. The van der Waals surface area contributed by atoms with E-state index < -0.39 is 0 Å². The van der Waals surface area contributed by atoms with Crippen LogP contribution in [0.4, 0.5) is 0 Å². The Balaban J connectivity index is 1.65. The predicted molar refractivity (Wildman–Crippen MR) is 94.8 cm³/mol. The zero-order chi connectivity index (χ0) is 16.1. The molecule has 0 radical (unpaired) electrons. The number of hydrogen-bond donors (Lipinski definition) is 0. The number of thioether (sulfide) groups is 1. The van der Waals surface area contributed by atoms with E-state index in [1.807, 2.05) is 16.3 Å². The summed E-state index contributed by atoms with van der Waals surface area (Å²) in [6, 6.07) is 4.07. The van der Waals surface area contributed by atoms with E-state index in [0.717, 1.165) is 48.3 Å². The second-order valence-electron chi connectivity index (χ2n) is 5.61. The number of likely N-dealkylation sites (tertiary alicyclic amines) is 1. The molecule has 1 aliphatic rings. The molecule has 0 N–H and O–H groups in total. The van der Waals surface area contributed by atoms with Crippen LogP contribution < -0.4 is 0 Å². The number of carbonyl (C=O) groups is 1. The van der Waals surface area contributed by atoms with Crippen molar-refractivity contribution in [2.75, 3.05) is 18.8 Å². The summed E-state index contributed by atoms with van der Waals surface area (Å²) in [6.45, 7) is 4.70. The molecule has 7 heteroatoms. The van der Waals surface area contributed by atoms with E-state index in [-0.39, 0.29) is 5.91 Å². The van der Waals surface area contributed by atoms with Crippen LogP contribution >= 0.6 is 23.1 Å². The highest BCUT2D eigenvalue weighted by Crippen LogP contribution is 2.27. The number of amides is 1. The van der Waals surface area contributed by atoms with Crippen molar-refractivity contribution in [2.24, 2.45) is 0 Å². The van der Waals surface area contributed by atoms with Gasteiger partial charge in [-0.2, -0.15) is 0 Å². The van der Waals surface area contributed by atoms with E-state index >= 15 is 0 Å². The Bertz CT molecular complexity index is 631. The summed E-state index contributed by atoms with van der Waals surface area (Å²) < 4.78 is 2.09. The highest BCUT2D eigenvalue weighted by molar-refractivity contribution is 7.99. The molecule has 1 amide bonds. The van der Waals surface area contributed by atoms with Gasteiger partial charge in [0.25, 0.3) is 0 Å². The molecule has 0 bridgehead atoms. The van der Waals surface area contributed by atoms with Crippen LogP contribution in [0.2, 0.25) is 0 Å². The first-order valence-corrected chi connectivity index (χ1v) is 10.0. The van der Waals surface area contributed by atoms with Gasteiger partial charge in [-0.1, -0.05) is 30.7 Å². The van der Waals surface area contributed by atoms with Crippen molar-refractivity contribution in [1.82, 2.24) is 19.7 Å². The Morgan fingerprint density at radius 3 is 2.70 bits per heavy atom. The van der Waals surface area contributed by atoms with E-state index in [2.05, 4.69) is 27.8 Å². The Kier molecular flexibility index (Phi) is 5.72. The summed E-state index contributed by atoms with van der Waals surface area (Å²) in [5, 5.41) is 11.5. The molecule has 3 heterocycles. The molecule has 3 rings (SSSR count). The molecular formula is C16H22N4OS2. The molecule has 1 saturated heterocycles. The van der Waals surface area contributed by atoms with E-state index in [1.165, 1.54) is 24.6 Å². The van der Waals surface area contributed by atoms with E-state index in [1.54, 1.807) is 11.3 Å². The average molecular weight is 351 g/mol. The number of thiophene rings is 1. The summed E-state index contributed by atoms with van der Waals surface area (Å²) in [7, 11) is 0. The lowest BCUT2D eigenvalue weighted by molar-refractivity contribution is -0.128. The third kappa shape index (κ3) is 3.95. The van der Waals surface area contributed by atoms with Crippen LogP contribution in [0.15, 0.2) is 22.7 Å². The average Bonchev–Trinajstić information content (AvgIpc) is 3.15. The molecule has 0 saturated carbocycles. The van der Waals surface area contributed by atoms with Gasteiger partial charge in [0, 0.05) is 19.6 Å². The zero-order valence-corrected chi connectivity index (χ0v) is 15.0. The number of aromatic nitrogens is 3. The minimum atomic E-state index is 0.222. The molecule has 0 unspecified atom stereocenters. The first-order chi connectivity index (χ1) is 11.3. The molecule has 0 aromatic carbocycles. The highest BCUT2D eigenvalue weighted by Gasteiger charge is 2.18. The molecule has 0 spiro atoms. The van der Waals surface area contributed by atoms with Crippen LogP contribution in [0, 0.1) is 0 Å². The number of hydrogen-bond acceptors (Lipinski definition) is 5. The Morgan fingerprint density at radius 2 is 2.04 bits per heavy atom. The maximum Gasteiger partial charge on any atom is 0.233 e. The molecule has 2 aromatic heterocycles. The quantitative estimate of drug-likeness (QED) is 0.774. The standard InChI is InChI=1S/C16H22N4OS2/c1-2-20-15(13-8-7-11-22-13)17-18-16(20)23-12-14(21)19-9-5-3-4-6-10-19/h7-8,11H,2-6,9-10,12H2,1H3. The van der Waals surface area contributed by atoms with Gasteiger partial charge >= 0.3 is 0 Å². The van der Waals surface area contributed by atoms with Crippen LogP contribution in [0.3, 0.4) is 0 Å². The van der Waals surface area contributed by atoms with Gasteiger partial charge in [-0.05, 0) is 31.2 Å². The van der Waals surface area contributed by atoms with Gasteiger partial charge in [0.2, 0.25) is 5.91 Å². The van der Waals surface area contributed by atoms with Crippen molar-refractivity contribution in [3.63, 3.8) is 0 Å². The minimum absolute atomic E-state index is 0.222. The van der Waals surface area contributed by atoms with Crippen molar-refractivity contribution in [1.29, 1.82) is 0 Å². The maximum absolute atomic E-state index is 12.4. The van der Waals surface area contributed by atoms with Crippen molar-refractivity contribution in [3.05, 3.63) is 17.5 Å². The topological polar surface area (TPSA) is 51.0 Å². The molecule has 1 fully saturated rings. The van der Waals surface area contributed by atoms with Gasteiger partial charge in [-0.3, -0.25) is 4.79 Å². The number of rotatable bonds is 5. The first kappa shape index (κ1) is 16.5. The fourth-order valence-electron chi connectivity index (χ4n) is 2.81. The van der Waals surface area contributed by atoms with Crippen molar-refractivity contribution >= 4 is 29.0 Å². The fraction of sp³-hybridized carbons (Fsp3) is 0.562. The summed E-state index contributed by atoms with van der Waals surface area (Å²) in [5.74, 6) is 1.57. The lowest BCUT2D eigenvalue weighted by Crippen LogP contribution is -2.33. The third-order valence-corrected chi connectivity index (χ3v) is 5.88. The molecule has 0 atom stereocenters. The zero-order valence-electron chi connectivity index (χ0n) is 13.4. The maximum atomic E-state index is 12.4. The van der Waals surface area contributed by atoms with E-state index in [9.17, 15) is 4.79 Å². The molecule has 23 heavy (non-hydrogen) atoms. The molecule has 0 aliphatic carbocycles. The second kappa shape index (κ2) is 7.97. The van der Waals surface area contributed by atoms with E-state index in [0.29, 0.717) is 5.75 Å². The molecule has 124 valence electrons. The summed E-state index contributed by atoms with van der Waals surface area (Å²) in [4.78, 5) is 15.5. The SMILES string of the molecule is CCn1c(SCC(=O)N2CCCCCC2)nnc1-c1cccs1. The second-order valence-corrected chi connectivity index (χ2v) is 7.50. The minimum Gasteiger partial charge on any atom is -0.342 e. The van der Waals surface area contributed by atoms with E-state index in [4.69, 9.17) is 0 Å². The van der Waals surface area contributed by atoms with Crippen LogP contribution in [0.1, 0.15) is 32.6 Å². The first-order valence-electron chi connectivity index (χ1n) is 8.17. The summed E-state index contributed by atoms with van der Waals surface area (Å²) in [6.07, 6.45) is 4.74. The number of nitrogens with zero attached hydrogens (tertiary/aromatic N) is 4. The van der Waals surface area contributed by atoms with Gasteiger partial charge in [0.1, 0.15) is 0 Å². The van der Waals surface area contributed by atoms with Gasteiger partial charge in [0.15, 0.2) is 11.0 Å². The van der Waals surface area contributed by atoms with Crippen LogP contribution in [-0.4, -0.2) is 44.4 Å². The third-order valence-electron chi connectivity index (χ3n) is 4.06. The fourth-order valence-corrected chi connectivity index (χ4v) is 4.43. The van der Waals surface area contributed by atoms with Gasteiger partial charge in [-0.25, -0.2) is 0 Å². The summed E-state index contributed by atoms with van der Waals surface area (Å²) >= 11 is 3.16. The largest absolute Gasteiger partial charge is 0.342 e. The lowest BCUT2D eigenvalue weighted by Gasteiger charge is -2.19. The van der Waals surface area contributed by atoms with Gasteiger partial charge in [0.05, 0.1) is 10.6 Å². The normalized spacial score (nSPS) is 15.6. The number of carbonyl (C=O) groups excluding carboxylic acids is 1. The lowest BCUT2D eigenvalue weighted by atomic mass is 10.2.